The first kappa shape index (κ1) is 19.2. The lowest BCUT2D eigenvalue weighted by atomic mass is 10.2. The second-order valence-corrected chi connectivity index (χ2v) is 5.03. The van der Waals surface area contributed by atoms with Crippen molar-refractivity contribution >= 4 is 17.5 Å². The molecule has 0 aliphatic heterocycles. The van der Waals surface area contributed by atoms with Crippen molar-refractivity contribution in [1.29, 1.82) is 0 Å². The van der Waals surface area contributed by atoms with Gasteiger partial charge < -0.3 is 5.32 Å². The lowest BCUT2D eigenvalue weighted by Gasteiger charge is -2.10. The van der Waals surface area contributed by atoms with Crippen LogP contribution in [0.25, 0.3) is 0 Å². The smallest absolute Gasteiger partial charge is 0.254 e. The van der Waals surface area contributed by atoms with Crippen LogP contribution in [0.4, 0.5) is 27.6 Å². The summed E-state index contributed by atoms with van der Waals surface area (Å²) in [4.78, 5) is 23.3. The van der Waals surface area contributed by atoms with Gasteiger partial charge in [0.05, 0.1) is 11.3 Å². The summed E-state index contributed by atoms with van der Waals surface area (Å²) in [6.45, 7) is -0.205. The number of hydrogen-bond acceptors (Lipinski definition) is 3. The Labute approximate surface area is 144 Å². The Morgan fingerprint density at radius 1 is 0.885 bits per heavy atom. The van der Waals surface area contributed by atoms with Crippen LogP contribution in [0.2, 0.25) is 0 Å². The van der Waals surface area contributed by atoms with Crippen LogP contribution in [0.3, 0.4) is 0 Å². The van der Waals surface area contributed by atoms with Gasteiger partial charge in [0, 0.05) is 19.0 Å². The molecule has 0 bridgehead atoms. The molecule has 3 N–H and O–H groups in total. The van der Waals surface area contributed by atoms with Crippen LogP contribution in [0.15, 0.2) is 30.3 Å². The minimum absolute atomic E-state index is 0.205. The first-order valence-electron chi connectivity index (χ1n) is 7.21. The monoisotopic (exact) mass is 373 g/mol. The topological polar surface area (TPSA) is 70.2 Å². The van der Waals surface area contributed by atoms with Crippen LogP contribution in [-0.4, -0.2) is 18.4 Å². The highest BCUT2D eigenvalue weighted by Crippen LogP contribution is 2.18. The molecule has 0 aliphatic rings. The Bertz CT molecular complexity index is 845. The number of rotatable bonds is 6. The van der Waals surface area contributed by atoms with Crippen molar-refractivity contribution in [3.05, 3.63) is 65.0 Å². The predicted octanol–water partition coefficient (Wildman–Crippen LogP) is 2.65. The van der Waals surface area contributed by atoms with E-state index < -0.39 is 52.2 Å². The Kier molecular flexibility index (Phi) is 6.10. The summed E-state index contributed by atoms with van der Waals surface area (Å²) in [6, 6.07) is 3.96. The molecule has 0 saturated carbocycles. The van der Waals surface area contributed by atoms with Crippen molar-refractivity contribution in [2.45, 2.75) is 6.42 Å². The van der Waals surface area contributed by atoms with Crippen molar-refractivity contribution < 1.29 is 31.5 Å². The van der Waals surface area contributed by atoms with Crippen molar-refractivity contribution in [3.63, 3.8) is 0 Å². The van der Waals surface area contributed by atoms with E-state index in [4.69, 9.17) is 0 Å². The highest BCUT2D eigenvalue weighted by atomic mass is 19.2. The van der Waals surface area contributed by atoms with E-state index in [1.165, 1.54) is 0 Å². The molecular weight excluding hydrogens is 361 g/mol. The van der Waals surface area contributed by atoms with E-state index in [0.29, 0.717) is 12.1 Å². The average Bonchev–Trinajstić information content (AvgIpc) is 2.59. The van der Waals surface area contributed by atoms with Crippen LogP contribution in [0.5, 0.6) is 0 Å². The number of anilines is 1. The van der Waals surface area contributed by atoms with Gasteiger partial charge in [0.2, 0.25) is 5.91 Å². The van der Waals surface area contributed by atoms with Gasteiger partial charge in [-0.05, 0) is 24.3 Å². The molecule has 138 valence electrons. The number of halogens is 5. The maximum Gasteiger partial charge on any atom is 0.254 e. The van der Waals surface area contributed by atoms with E-state index in [-0.39, 0.29) is 13.0 Å². The van der Waals surface area contributed by atoms with Gasteiger partial charge in [-0.15, -0.1) is 0 Å². The van der Waals surface area contributed by atoms with Crippen molar-refractivity contribution in [2.75, 3.05) is 12.0 Å². The fourth-order valence-electron chi connectivity index (χ4n) is 1.88. The summed E-state index contributed by atoms with van der Waals surface area (Å²) in [5, 5.41) is 2.24. The molecule has 0 saturated heterocycles. The minimum Gasteiger partial charge on any atom is -0.351 e. The largest absolute Gasteiger partial charge is 0.351 e. The van der Waals surface area contributed by atoms with Gasteiger partial charge in [-0.1, -0.05) is 0 Å². The van der Waals surface area contributed by atoms with Crippen LogP contribution in [-0.2, 0) is 4.79 Å². The first-order chi connectivity index (χ1) is 12.3. The Morgan fingerprint density at radius 3 is 2.31 bits per heavy atom. The molecule has 0 spiro atoms. The van der Waals surface area contributed by atoms with E-state index in [2.05, 4.69) is 10.7 Å². The first-order valence-corrected chi connectivity index (χ1v) is 7.21. The van der Waals surface area contributed by atoms with Crippen molar-refractivity contribution in [1.82, 2.24) is 10.7 Å². The lowest BCUT2D eigenvalue weighted by molar-refractivity contribution is -0.120. The van der Waals surface area contributed by atoms with Crippen LogP contribution < -0.4 is 16.2 Å². The highest BCUT2D eigenvalue weighted by Gasteiger charge is 2.15. The van der Waals surface area contributed by atoms with Gasteiger partial charge in [0.1, 0.15) is 11.6 Å². The molecule has 2 aromatic rings. The fourth-order valence-corrected chi connectivity index (χ4v) is 1.88. The highest BCUT2D eigenvalue weighted by molar-refractivity contribution is 5.94. The van der Waals surface area contributed by atoms with Crippen LogP contribution >= 0.6 is 0 Å². The SMILES string of the molecule is O=C(CCNC(=O)c1ccc(F)cc1F)NNc1ccc(F)c(F)c1F. The van der Waals surface area contributed by atoms with Gasteiger partial charge >= 0.3 is 0 Å². The minimum atomic E-state index is -1.70. The normalized spacial score (nSPS) is 10.3. The van der Waals surface area contributed by atoms with Crippen molar-refractivity contribution in [2.24, 2.45) is 0 Å². The zero-order valence-electron chi connectivity index (χ0n) is 13.0. The zero-order valence-corrected chi connectivity index (χ0v) is 13.0. The zero-order chi connectivity index (χ0) is 19.3. The summed E-state index contributed by atoms with van der Waals surface area (Å²) in [5.41, 5.74) is 3.21. The van der Waals surface area contributed by atoms with Crippen molar-refractivity contribution in [3.8, 4) is 0 Å². The molecule has 26 heavy (non-hydrogen) atoms. The van der Waals surface area contributed by atoms with Gasteiger partial charge in [0.15, 0.2) is 17.5 Å². The van der Waals surface area contributed by atoms with Crippen LogP contribution in [0.1, 0.15) is 16.8 Å². The summed E-state index contributed by atoms with van der Waals surface area (Å²) in [7, 11) is 0. The van der Waals surface area contributed by atoms with Gasteiger partial charge in [0.25, 0.3) is 5.91 Å². The Morgan fingerprint density at radius 2 is 1.62 bits per heavy atom. The Hall–Kier alpha value is -3.17. The number of nitrogens with one attached hydrogen (secondary N) is 3. The molecule has 0 aliphatic carbocycles. The molecule has 0 fully saturated rings. The maximum absolute atomic E-state index is 13.4. The molecule has 10 heteroatoms. The van der Waals surface area contributed by atoms with E-state index in [1.54, 1.807) is 0 Å². The van der Waals surface area contributed by atoms with E-state index in [0.717, 1.165) is 18.2 Å². The quantitative estimate of drug-likeness (QED) is 0.414. The average molecular weight is 373 g/mol. The summed E-state index contributed by atoms with van der Waals surface area (Å²) < 4.78 is 65.3. The number of carbonyl (C=O) groups is 2. The molecular formula is C16H12F5N3O2. The molecule has 2 aromatic carbocycles. The summed E-state index contributed by atoms with van der Waals surface area (Å²) in [5.74, 6) is -8.04. The van der Waals surface area contributed by atoms with E-state index in [1.807, 2.05) is 5.43 Å². The molecule has 0 radical (unpaired) electrons. The number of hydrogen-bond donors (Lipinski definition) is 3. The number of carbonyl (C=O) groups excluding carboxylic acids is 2. The number of benzene rings is 2. The third-order valence-corrected chi connectivity index (χ3v) is 3.19. The number of hydrazine groups is 1. The summed E-state index contributed by atoms with van der Waals surface area (Å²) in [6.07, 6.45) is -0.285. The maximum atomic E-state index is 13.4. The molecule has 0 heterocycles. The molecule has 0 aromatic heterocycles. The lowest BCUT2D eigenvalue weighted by Crippen LogP contribution is -2.34. The summed E-state index contributed by atoms with van der Waals surface area (Å²) >= 11 is 0. The van der Waals surface area contributed by atoms with Crippen LogP contribution in [0, 0.1) is 29.1 Å². The second-order valence-electron chi connectivity index (χ2n) is 5.03. The molecule has 0 unspecified atom stereocenters. The molecule has 5 nitrogen and oxygen atoms in total. The third kappa shape index (κ3) is 4.68. The van der Waals surface area contributed by atoms with E-state index >= 15 is 0 Å². The third-order valence-electron chi connectivity index (χ3n) is 3.19. The van der Waals surface area contributed by atoms with Gasteiger partial charge in [-0.3, -0.25) is 20.4 Å². The molecule has 2 rings (SSSR count). The van der Waals surface area contributed by atoms with Gasteiger partial charge in [-0.25, -0.2) is 22.0 Å². The standard InChI is InChI=1S/C16H12F5N3O2/c17-8-1-2-9(11(19)7-8)16(26)22-6-5-13(25)24-23-12-4-3-10(18)14(20)15(12)21/h1-4,7,23H,5-6H2,(H,22,26)(H,24,25). The predicted molar refractivity (Wildman–Crippen MR) is 81.4 cm³/mol. The second kappa shape index (κ2) is 8.28. The van der Waals surface area contributed by atoms with Gasteiger partial charge in [-0.2, -0.15) is 0 Å². The molecule has 2 amide bonds. The fraction of sp³-hybridized carbons (Fsp3) is 0.125. The van der Waals surface area contributed by atoms with E-state index in [9.17, 15) is 31.5 Å². The Balaban J connectivity index is 1.80. The molecule has 0 atom stereocenters. The number of amides is 2.